The molecular weight excluding hydrogens is 363 g/mol. The molecule has 0 aromatic heterocycles. The van der Waals surface area contributed by atoms with Crippen molar-refractivity contribution in [2.75, 3.05) is 13.1 Å². The number of alkyl halides is 3. The Balaban J connectivity index is 2.26. The van der Waals surface area contributed by atoms with Crippen LogP contribution < -0.4 is 9.83 Å². The molecule has 0 bridgehead atoms. The Morgan fingerprint density at radius 2 is 1.92 bits per heavy atom. The van der Waals surface area contributed by atoms with Crippen molar-refractivity contribution in [3.63, 3.8) is 0 Å². The Hall–Kier alpha value is -2.32. The predicted molar refractivity (Wildman–Crippen MR) is 76.5 cm³/mol. The number of halogens is 3. The van der Waals surface area contributed by atoms with Crippen LogP contribution in [0.3, 0.4) is 0 Å². The largest absolute Gasteiger partial charge is 0.530 e. The summed E-state index contributed by atoms with van der Waals surface area (Å²) in [5.74, 6) is 0. The molecule has 1 aliphatic rings. The maximum absolute atomic E-state index is 13.1. The van der Waals surface area contributed by atoms with Crippen LogP contribution in [0.1, 0.15) is 24.0 Å². The van der Waals surface area contributed by atoms with E-state index in [-0.39, 0.29) is 31.5 Å². The van der Waals surface area contributed by atoms with Crippen LogP contribution in [-0.2, 0) is 16.2 Å². The van der Waals surface area contributed by atoms with E-state index in [9.17, 15) is 31.5 Å². The fourth-order valence-electron chi connectivity index (χ4n) is 2.52. The normalized spacial score (nSPS) is 16.5. The summed E-state index contributed by atoms with van der Waals surface area (Å²) in [5.41, 5.74) is -1.74. The van der Waals surface area contributed by atoms with Gasteiger partial charge in [-0.2, -0.15) is 18.4 Å². The predicted octanol–water partition coefficient (Wildman–Crippen LogP) is 0.663. The molecule has 1 N–H and O–H groups in total. The summed E-state index contributed by atoms with van der Waals surface area (Å²) in [4.78, 5) is 10.7. The van der Waals surface area contributed by atoms with Crippen molar-refractivity contribution < 1.29 is 31.5 Å². The molecule has 1 saturated heterocycles. The van der Waals surface area contributed by atoms with Crippen LogP contribution in [0.15, 0.2) is 23.1 Å². The zero-order valence-corrected chi connectivity index (χ0v) is 13.5. The highest BCUT2D eigenvalue weighted by Crippen LogP contribution is 2.35. The van der Waals surface area contributed by atoms with Gasteiger partial charge in [0, 0.05) is 19.1 Å². The lowest BCUT2D eigenvalue weighted by Gasteiger charge is -2.33. The van der Waals surface area contributed by atoms with Gasteiger partial charge in [0.15, 0.2) is 0 Å². The summed E-state index contributed by atoms with van der Waals surface area (Å²) >= 11 is 0. The molecule has 1 heterocycles. The number of nitrogens with zero attached hydrogens (tertiary/aromatic N) is 2. The van der Waals surface area contributed by atoms with Crippen molar-refractivity contribution >= 4 is 16.1 Å². The highest BCUT2D eigenvalue weighted by atomic mass is 32.2. The third-order valence-corrected chi connectivity index (χ3v) is 5.36. The lowest BCUT2D eigenvalue weighted by Crippen LogP contribution is -2.50. The van der Waals surface area contributed by atoms with Gasteiger partial charge in [0.05, 0.1) is 22.1 Å². The highest BCUT2D eigenvalue weighted by Gasteiger charge is 2.38. The van der Waals surface area contributed by atoms with Crippen LogP contribution in [0, 0.1) is 11.3 Å². The van der Waals surface area contributed by atoms with Gasteiger partial charge in [0.25, 0.3) is 0 Å². The quantitative estimate of drug-likeness (QED) is 0.833. The number of nitriles is 1. The van der Waals surface area contributed by atoms with Gasteiger partial charge in [-0.15, -0.1) is 0 Å². The lowest BCUT2D eigenvalue weighted by molar-refractivity contribution is -0.266. The molecule has 25 heavy (non-hydrogen) atoms. The van der Waals surface area contributed by atoms with Gasteiger partial charge >= 0.3 is 6.18 Å². The minimum Gasteiger partial charge on any atom is -0.530 e. The van der Waals surface area contributed by atoms with E-state index in [0.717, 1.165) is 17.0 Å². The Morgan fingerprint density at radius 3 is 2.40 bits per heavy atom. The molecule has 2 rings (SSSR count). The SMILES string of the molecule is N#Cc1ccc(S(=O)(=O)NC2CCN(C(=O)[O-])CC2)c(C(F)(F)F)c1. The number of carbonyl (C=O) groups is 1. The number of sulfonamides is 1. The zero-order chi connectivity index (χ0) is 18.8. The molecule has 0 aliphatic carbocycles. The Kier molecular flexibility index (Phi) is 5.24. The van der Waals surface area contributed by atoms with E-state index in [1.165, 1.54) is 6.07 Å². The maximum Gasteiger partial charge on any atom is 0.417 e. The van der Waals surface area contributed by atoms with Gasteiger partial charge in [0.1, 0.15) is 6.09 Å². The number of hydrogen-bond acceptors (Lipinski definition) is 5. The van der Waals surface area contributed by atoms with Gasteiger partial charge in [0.2, 0.25) is 10.0 Å². The van der Waals surface area contributed by atoms with Crippen LogP contribution in [0.4, 0.5) is 18.0 Å². The number of nitrogens with one attached hydrogen (secondary N) is 1. The van der Waals surface area contributed by atoms with E-state index >= 15 is 0 Å². The van der Waals surface area contributed by atoms with E-state index in [0.29, 0.717) is 6.07 Å². The molecule has 0 atom stereocenters. The second-order valence-corrected chi connectivity index (χ2v) is 7.15. The zero-order valence-electron chi connectivity index (χ0n) is 12.7. The highest BCUT2D eigenvalue weighted by molar-refractivity contribution is 7.89. The van der Waals surface area contributed by atoms with Gasteiger partial charge in [-0.25, -0.2) is 13.1 Å². The average Bonchev–Trinajstić information content (AvgIpc) is 2.53. The van der Waals surface area contributed by atoms with E-state index < -0.39 is 38.8 Å². The van der Waals surface area contributed by atoms with Crippen LogP contribution >= 0.6 is 0 Å². The van der Waals surface area contributed by atoms with Crippen LogP contribution in [0.2, 0.25) is 0 Å². The van der Waals surface area contributed by atoms with Gasteiger partial charge in [-0.1, -0.05) is 0 Å². The topological polar surface area (TPSA) is 113 Å². The molecule has 1 aliphatic heterocycles. The first-order valence-electron chi connectivity index (χ1n) is 7.14. The second-order valence-electron chi connectivity index (χ2n) is 5.47. The summed E-state index contributed by atoms with van der Waals surface area (Å²) in [6.45, 7) is 0.0457. The van der Waals surface area contributed by atoms with Crippen LogP contribution in [0.25, 0.3) is 0 Å². The first-order valence-corrected chi connectivity index (χ1v) is 8.62. The molecule has 0 unspecified atom stereocenters. The third-order valence-electron chi connectivity index (χ3n) is 3.78. The molecule has 7 nitrogen and oxygen atoms in total. The lowest BCUT2D eigenvalue weighted by atomic mass is 10.1. The van der Waals surface area contributed by atoms with Crippen molar-refractivity contribution in [2.45, 2.75) is 30.0 Å². The number of benzene rings is 1. The van der Waals surface area contributed by atoms with Gasteiger partial charge in [-0.05, 0) is 31.0 Å². The van der Waals surface area contributed by atoms with Crippen molar-refractivity contribution in [1.29, 1.82) is 5.26 Å². The monoisotopic (exact) mass is 376 g/mol. The smallest absolute Gasteiger partial charge is 0.417 e. The standard InChI is InChI=1S/C14H14F3N3O4S/c15-14(16,17)11-7-9(8-18)1-2-12(11)25(23,24)19-10-3-5-20(6-4-10)13(21)22/h1-2,7,10,19H,3-6H2,(H,21,22)/p-1. The molecule has 1 amide bonds. The molecule has 0 saturated carbocycles. The first kappa shape index (κ1) is 19.0. The number of piperidine rings is 1. The third kappa shape index (κ3) is 4.40. The molecule has 136 valence electrons. The number of carboxylic acid groups (broad SMARTS) is 1. The Labute approximate surface area is 141 Å². The van der Waals surface area contributed by atoms with Crippen molar-refractivity contribution in [3.8, 4) is 6.07 Å². The summed E-state index contributed by atoms with van der Waals surface area (Å²) < 4.78 is 66.3. The van der Waals surface area contributed by atoms with Gasteiger partial charge in [-0.3, -0.25) is 0 Å². The summed E-state index contributed by atoms with van der Waals surface area (Å²) in [6, 6.07) is 3.04. The number of amides is 1. The minimum absolute atomic E-state index is 0.0228. The average molecular weight is 376 g/mol. The fourth-order valence-corrected chi connectivity index (χ4v) is 4.03. The number of rotatable bonds is 3. The van der Waals surface area contributed by atoms with Crippen LogP contribution in [-0.4, -0.2) is 38.5 Å². The first-order chi connectivity index (χ1) is 11.5. The summed E-state index contributed by atoms with van der Waals surface area (Å²) in [6.07, 6.45) is -6.10. The molecule has 11 heteroatoms. The van der Waals surface area contributed by atoms with Crippen molar-refractivity contribution in [2.24, 2.45) is 0 Å². The van der Waals surface area contributed by atoms with E-state index in [2.05, 4.69) is 4.72 Å². The molecule has 0 spiro atoms. The Bertz CT molecular complexity index is 810. The number of likely N-dealkylation sites (tertiary alicyclic amines) is 1. The van der Waals surface area contributed by atoms with Crippen molar-refractivity contribution in [3.05, 3.63) is 29.3 Å². The second kappa shape index (κ2) is 6.89. The van der Waals surface area contributed by atoms with E-state index in [1.54, 1.807) is 0 Å². The molecule has 1 aromatic rings. The minimum atomic E-state index is -4.95. The molecule has 1 aromatic carbocycles. The van der Waals surface area contributed by atoms with Crippen LogP contribution in [0.5, 0.6) is 0 Å². The summed E-state index contributed by atoms with van der Waals surface area (Å²) in [5, 5.41) is 19.4. The summed E-state index contributed by atoms with van der Waals surface area (Å²) in [7, 11) is -4.50. The van der Waals surface area contributed by atoms with Gasteiger partial charge < -0.3 is 14.8 Å². The Morgan fingerprint density at radius 1 is 1.32 bits per heavy atom. The molecule has 1 fully saturated rings. The van der Waals surface area contributed by atoms with E-state index in [1.807, 2.05) is 0 Å². The molecular formula is C14H13F3N3O4S-. The maximum atomic E-state index is 13.1. The molecule has 0 radical (unpaired) electrons. The van der Waals surface area contributed by atoms with Crippen molar-refractivity contribution in [1.82, 2.24) is 9.62 Å². The number of hydrogen-bond donors (Lipinski definition) is 1. The van der Waals surface area contributed by atoms with E-state index in [4.69, 9.17) is 5.26 Å². The number of carbonyl (C=O) groups excluding carboxylic acids is 1. The fraction of sp³-hybridized carbons (Fsp3) is 0.429.